The van der Waals surface area contributed by atoms with Crippen LogP contribution < -0.4 is 4.90 Å². The molecule has 0 amide bonds. The zero-order valence-corrected chi connectivity index (χ0v) is 17.0. The fourth-order valence-corrected chi connectivity index (χ4v) is 4.31. The van der Waals surface area contributed by atoms with Gasteiger partial charge in [-0.15, -0.1) is 0 Å². The van der Waals surface area contributed by atoms with Gasteiger partial charge < -0.3 is 14.5 Å². The summed E-state index contributed by atoms with van der Waals surface area (Å²) in [4.78, 5) is 12.1. The maximum atomic E-state index is 9.41. The van der Waals surface area contributed by atoms with Crippen molar-refractivity contribution in [3.05, 3.63) is 35.9 Å². The van der Waals surface area contributed by atoms with Crippen molar-refractivity contribution in [1.29, 1.82) is 5.26 Å². The highest BCUT2D eigenvalue weighted by atomic mass is 16.5. The minimum Gasteiger partial charge on any atom is -0.370 e. The van der Waals surface area contributed by atoms with Gasteiger partial charge in [0.05, 0.1) is 23.3 Å². The van der Waals surface area contributed by atoms with E-state index in [-0.39, 0.29) is 12.2 Å². The zero-order valence-electron chi connectivity index (χ0n) is 17.0. The number of fused-ring (bicyclic) bond motifs is 1. The first-order valence-electron chi connectivity index (χ1n) is 10.2. The second kappa shape index (κ2) is 8.04. The van der Waals surface area contributed by atoms with Gasteiger partial charge in [0.15, 0.2) is 0 Å². The largest absolute Gasteiger partial charge is 0.370 e. The van der Waals surface area contributed by atoms with E-state index in [4.69, 9.17) is 9.72 Å². The van der Waals surface area contributed by atoms with Gasteiger partial charge in [0.25, 0.3) is 0 Å². The molecule has 28 heavy (non-hydrogen) atoms. The van der Waals surface area contributed by atoms with E-state index in [1.54, 1.807) is 0 Å². The number of pyridine rings is 1. The first-order chi connectivity index (χ1) is 13.5. The number of nitriles is 1. The lowest BCUT2D eigenvalue weighted by atomic mass is 10.1. The minimum absolute atomic E-state index is 0.160. The molecule has 3 atom stereocenters. The van der Waals surface area contributed by atoms with E-state index in [2.05, 4.69) is 53.8 Å². The highest BCUT2D eigenvalue weighted by Crippen LogP contribution is 2.24. The molecule has 148 valence electrons. The molecule has 2 aliphatic heterocycles. The average molecular weight is 380 g/mol. The number of rotatable bonds is 3. The minimum atomic E-state index is 0.160. The SMILES string of the molecule is CC1CN(c2ccc3cccc(C#N)c3n2)CC(CN2CCN(C)[C@@H](C)C2)O1. The van der Waals surface area contributed by atoms with Crippen LogP contribution in [0.5, 0.6) is 0 Å². The van der Waals surface area contributed by atoms with Gasteiger partial charge in [-0.05, 0) is 39.1 Å². The number of benzene rings is 1. The number of hydrogen-bond donors (Lipinski definition) is 0. The summed E-state index contributed by atoms with van der Waals surface area (Å²) in [6.45, 7) is 10.3. The van der Waals surface area contributed by atoms with Gasteiger partial charge in [0.2, 0.25) is 0 Å². The summed E-state index contributed by atoms with van der Waals surface area (Å²) < 4.78 is 6.26. The first-order valence-corrected chi connectivity index (χ1v) is 10.2. The van der Waals surface area contributed by atoms with Crippen LogP contribution in [-0.2, 0) is 4.74 Å². The van der Waals surface area contributed by atoms with Gasteiger partial charge in [0.1, 0.15) is 11.9 Å². The number of piperazine rings is 1. The van der Waals surface area contributed by atoms with Gasteiger partial charge in [0, 0.05) is 50.7 Å². The molecule has 4 rings (SSSR count). The van der Waals surface area contributed by atoms with E-state index in [1.165, 1.54) is 0 Å². The van der Waals surface area contributed by atoms with Crippen LogP contribution in [0.1, 0.15) is 19.4 Å². The van der Waals surface area contributed by atoms with Crippen molar-refractivity contribution in [2.75, 3.05) is 51.2 Å². The fourth-order valence-electron chi connectivity index (χ4n) is 4.31. The maximum absolute atomic E-state index is 9.41. The van der Waals surface area contributed by atoms with Gasteiger partial charge in [-0.25, -0.2) is 4.98 Å². The molecule has 2 saturated heterocycles. The summed E-state index contributed by atoms with van der Waals surface area (Å²) in [6.07, 6.45) is 0.329. The van der Waals surface area contributed by atoms with Crippen LogP contribution in [0.2, 0.25) is 0 Å². The molecule has 6 nitrogen and oxygen atoms in total. The van der Waals surface area contributed by atoms with E-state index >= 15 is 0 Å². The summed E-state index contributed by atoms with van der Waals surface area (Å²) in [5.41, 5.74) is 1.41. The fraction of sp³-hybridized carbons (Fsp3) is 0.545. The predicted molar refractivity (Wildman–Crippen MR) is 112 cm³/mol. The van der Waals surface area contributed by atoms with E-state index in [9.17, 15) is 5.26 Å². The lowest BCUT2D eigenvalue weighted by molar-refractivity contribution is -0.0409. The maximum Gasteiger partial charge on any atom is 0.129 e. The molecule has 6 heteroatoms. The zero-order chi connectivity index (χ0) is 19.7. The van der Waals surface area contributed by atoms with Gasteiger partial charge >= 0.3 is 0 Å². The molecule has 2 aliphatic rings. The molecule has 0 N–H and O–H groups in total. The third-order valence-electron chi connectivity index (χ3n) is 5.98. The summed E-state index contributed by atoms with van der Waals surface area (Å²) in [6, 6.07) is 12.7. The van der Waals surface area contributed by atoms with Crippen molar-refractivity contribution < 1.29 is 4.74 Å². The molecule has 1 aromatic heterocycles. The van der Waals surface area contributed by atoms with E-state index in [1.807, 2.05) is 18.2 Å². The summed E-state index contributed by atoms with van der Waals surface area (Å²) in [5, 5.41) is 10.4. The number of anilines is 1. The van der Waals surface area contributed by atoms with Crippen LogP contribution in [0, 0.1) is 11.3 Å². The second-order valence-corrected chi connectivity index (χ2v) is 8.22. The van der Waals surface area contributed by atoms with Crippen LogP contribution in [-0.4, -0.2) is 79.3 Å². The Bertz CT molecular complexity index is 879. The van der Waals surface area contributed by atoms with Crippen molar-refractivity contribution in [3.8, 4) is 6.07 Å². The van der Waals surface area contributed by atoms with E-state index < -0.39 is 0 Å². The lowest BCUT2D eigenvalue weighted by Crippen LogP contribution is -2.55. The number of hydrogen-bond acceptors (Lipinski definition) is 6. The normalized spacial score (nSPS) is 27.1. The molecule has 2 unspecified atom stereocenters. The van der Waals surface area contributed by atoms with Crippen LogP contribution in [0.15, 0.2) is 30.3 Å². The molecular formula is C22H29N5O. The molecule has 3 heterocycles. The lowest BCUT2D eigenvalue weighted by Gasteiger charge is -2.42. The highest BCUT2D eigenvalue weighted by molar-refractivity contribution is 5.85. The molecule has 0 bridgehead atoms. The molecule has 2 aromatic rings. The summed E-state index contributed by atoms with van der Waals surface area (Å²) in [7, 11) is 2.20. The highest BCUT2D eigenvalue weighted by Gasteiger charge is 2.30. The van der Waals surface area contributed by atoms with Crippen LogP contribution >= 0.6 is 0 Å². The number of aromatic nitrogens is 1. The molecule has 0 aliphatic carbocycles. The monoisotopic (exact) mass is 379 g/mol. The Morgan fingerprint density at radius 2 is 2.00 bits per heavy atom. The Balaban J connectivity index is 1.50. The molecule has 0 radical (unpaired) electrons. The number of para-hydroxylation sites is 1. The Labute approximate surface area is 167 Å². The van der Waals surface area contributed by atoms with Crippen LogP contribution in [0.4, 0.5) is 5.82 Å². The summed E-state index contributed by atoms with van der Waals surface area (Å²) >= 11 is 0. The topological polar surface area (TPSA) is 55.6 Å². The van der Waals surface area contributed by atoms with Gasteiger partial charge in [-0.1, -0.05) is 12.1 Å². The van der Waals surface area contributed by atoms with Crippen LogP contribution in [0.3, 0.4) is 0 Å². The number of likely N-dealkylation sites (N-methyl/N-ethyl adjacent to an activating group) is 1. The molecular weight excluding hydrogens is 350 g/mol. The quantitative estimate of drug-likeness (QED) is 0.816. The second-order valence-electron chi connectivity index (χ2n) is 8.22. The number of morpholine rings is 1. The predicted octanol–water partition coefficient (Wildman–Crippen LogP) is 2.34. The van der Waals surface area contributed by atoms with Gasteiger partial charge in [-0.3, -0.25) is 4.90 Å². The van der Waals surface area contributed by atoms with Crippen LogP contribution in [0.25, 0.3) is 10.9 Å². The Hall–Kier alpha value is -2.20. The van der Waals surface area contributed by atoms with Crippen molar-refractivity contribution in [1.82, 2.24) is 14.8 Å². The Morgan fingerprint density at radius 1 is 1.14 bits per heavy atom. The Morgan fingerprint density at radius 3 is 2.79 bits per heavy atom. The third kappa shape index (κ3) is 3.97. The molecule has 0 saturated carbocycles. The van der Waals surface area contributed by atoms with Crippen molar-refractivity contribution in [3.63, 3.8) is 0 Å². The molecule has 1 aromatic carbocycles. The van der Waals surface area contributed by atoms with E-state index in [0.29, 0.717) is 11.6 Å². The number of nitrogens with zero attached hydrogens (tertiary/aromatic N) is 5. The first kappa shape index (κ1) is 19.1. The average Bonchev–Trinajstić information content (AvgIpc) is 2.69. The van der Waals surface area contributed by atoms with Crippen molar-refractivity contribution in [2.24, 2.45) is 0 Å². The van der Waals surface area contributed by atoms with E-state index in [0.717, 1.165) is 56.0 Å². The molecule has 0 spiro atoms. The summed E-state index contributed by atoms with van der Waals surface area (Å²) in [5.74, 6) is 0.932. The number of ether oxygens (including phenoxy) is 1. The van der Waals surface area contributed by atoms with Crippen molar-refractivity contribution >= 4 is 16.7 Å². The smallest absolute Gasteiger partial charge is 0.129 e. The third-order valence-corrected chi connectivity index (χ3v) is 5.98. The molecule has 2 fully saturated rings. The standard InChI is InChI=1S/C22H29N5O/c1-16-12-26(10-9-25(16)3)14-20-15-27(13-17(2)28-20)21-8-7-18-5-4-6-19(11-23)22(18)24-21/h4-8,16-17,20H,9-10,12-15H2,1-3H3/t16-,17?,20?/m0/s1. The Kier molecular flexibility index (Phi) is 5.49. The van der Waals surface area contributed by atoms with Gasteiger partial charge in [-0.2, -0.15) is 5.26 Å². The van der Waals surface area contributed by atoms with Crippen molar-refractivity contribution in [2.45, 2.75) is 32.1 Å².